The number of benzene rings is 1. The highest BCUT2D eigenvalue weighted by Crippen LogP contribution is 2.23. The Bertz CT molecular complexity index is 560. The van der Waals surface area contributed by atoms with Crippen molar-refractivity contribution < 1.29 is 5.11 Å². The summed E-state index contributed by atoms with van der Waals surface area (Å²) in [6.45, 7) is 0. The molecule has 0 fully saturated rings. The fourth-order valence-corrected chi connectivity index (χ4v) is 1.88. The van der Waals surface area contributed by atoms with Crippen molar-refractivity contribution in [3.63, 3.8) is 0 Å². The molecule has 0 aliphatic rings. The van der Waals surface area contributed by atoms with Crippen LogP contribution < -0.4 is 5.56 Å². The zero-order chi connectivity index (χ0) is 10.3. The fraction of sp³-hybridized carbons (Fsp3) is 0.100. The predicted octanol–water partition coefficient (Wildman–Crippen LogP) is 1.85. The summed E-state index contributed by atoms with van der Waals surface area (Å²) in [5.74, 6) is 0.0412. The lowest BCUT2D eigenvalue weighted by molar-refractivity contribution is 0.479. The Morgan fingerprint density at radius 3 is 2.79 bits per heavy atom. The van der Waals surface area contributed by atoms with Crippen molar-refractivity contribution in [2.24, 2.45) is 7.05 Å². The van der Waals surface area contributed by atoms with E-state index in [1.165, 1.54) is 10.6 Å². The van der Waals surface area contributed by atoms with Crippen LogP contribution in [-0.4, -0.2) is 9.67 Å². The molecule has 0 saturated carbocycles. The molecule has 72 valence electrons. The summed E-state index contributed by atoms with van der Waals surface area (Å²) in [7, 11) is 1.69. The Hall–Kier alpha value is -1.04. The molecular formula is C10H8INO2. The minimum atomic E-state index is -0.197. The molecular weight excluding hydrogens is 293 g/mol. The van der Waals surface area contributed by atoms with Gasteiger partial charge in [0.2, 0.25) is 0 Å². The Morgan fingerprint density at radius 2 is 2.07 bits per heavy atom. The SMILES string of the molecule is Cn1c(=O)cc(O)c2ccc(I)cc21. The van der Waals surface area contributed by atoms with E-state index in [2.05, 4.69) is 22.6 Å². The van der Waals surface area contributed by atoms with Gasteiger partial charge in [-0.05, 0) is 40.8 Å². The highest BCUT2D eigenvalue weighted by molar-refractivity contribution is 14.1. The summed E-state index contributed by atoms with van der Waals surface area (Å²) < 4.78 is 2.56. The molecule has 0 aliphatic carbocycles. The van der Waals surface area contributed by atoms with Crippen LogP contribution in [0.15, 0.2) is 29.1 Å². The van der Waals surface area contributed by atoms with E-state index < -0.39 is 0 Å². The second kappa shape index (κ2) is 3.27. The molecule has 14 heavy (non-hydrogen) atoms. The van der Waals surface area contributed by atoms with E-state index in [-0.39, 0.29) is 11.3 Å². The van der Waals surface area contributed by atoms with Crippen molar-refractivity contribution in [2.75, 3.05) is 0 Å². The van der Waals surface area contributed by atoms with Crippen LogP contribution in [0.2, 0.25) is 0 Å². The monoisotopic (exact) mass is 301 g/mol. The van der Waals surface area contributed by atoms with Crippen LogP contribution in [0.1, 0.15) is 0 Å². The van der Waals surface area contributed by atoms with Gasteiger partial charge < -0.3 is 9.67 Å². The molecule has 0 unspecified atom stereocenters. The van der Waals surface area contributed by atoms with Crippen molar-refractivity contribution in [2.45, 2.75) is 0 Å². The number of aromatic hydroxyl groups is 1. The van der Waals surface area contributed by atoms with E-state index in [0.29, 0.717) is 5.39 Å². The van der Waals surface area contributed by atoms with E-state index in [1.807, 2.05) is 18.2 Å². The molecule has 1 aromatic carbocycles. The zero-order valence-corrected chi connectivity index (χ0v) is 9.65. The quantitative estimate of drug-likeness (QED) is 0.755. The average Bonchev–Trinajstić information content (AvgIpc) is 2.14. The Balaban J connectivity index is 3.03. The third-order valence-electron chi connectivity index (χ3n) is 2.19. The smallest absolute Gasteiger partial charge is 0.254 e. The number of halogens is 1. The first-order chi connectivity index (χ1) is 6.59. The van der Waals surface area contributed by atoms with Crippen LogP contribution in [-0.2, 0) is 7.05 Å². The molecule has 0 bridgehead atoms. The molecule has 0 amide bonds. The minimum absolute atomic E-state index is 0.0412. The van der Waals surface area contributed by atoms with Gasteiger partial charge in [-0.1, -0.05) is 0 Å². The van der Waals surface area contributed by atoms with E-state index in [1.54, 1.807) is 7.05 Å². The molecule has 0 saturated heterocycles. The van der Waals surface area contributed by atoms with Crippen LogP contribution in [0.25, 0.3) is 10.9 Å². The Labute approximate surface area is 94.1 Å². The summed E-state index contributed by atoms with van der Waals surface area (Å²) in [5, 5.41) is 10.3. The second-order valence-electron chi connectivity index (χ2n) is 3.09. The lowest BCUT2D eigenvalue weighted by Crippen LogP contribution is -2.15. The molecule has 0 radical (unpaired) electrons. The van der Waals surface area contributed by atoms with Crippen molar-refractivity contribution >= 4 is 33.5 Å². The van der Waals surface area contributed by atoms with Crippen molar-refractivity contribution in [1.82, 2.24) is 4.57 Å². The fourth-order valence-electron chi connectivity index (χ4n) is 1.41. The Morgan fingerprint density at radius 1 is 1.36 bits per heavy atom. The normalized spacial score (nSPS) is 10.7. The standard InChI is InChI=1S/C10H8INO2/c1-12-8-4-6(11)2-3-7(8)9(13)5-10(12)14/h2-5,13H,1H3. The van der Waals surface area contributed by atoms with Gasteiger partial charge in [0.05, 0.1) is 5.52 Å². The Kier molecular flexibility index (Phi) is 2.22. The number of hydrogen-bond acceptors (Lipinski definition) is 2. The summed E-state index contributed by atoms with van der Waals surface area (Å²) in [5.41, 5.74) is 0.555. The minimum Gasteiger partial charge on any atom is -0.507 e. The molecule has 1 aromatic heterocycles. The van der Waals surface area contributed by atoms with E-state index in [0.717, 1.165) is 9.09 Å². The largest absolute Gasteiger partial charge is 0.507 e. The van der Waals surface area contributed by atoms with Gasteiger partial charge >= 0.3 is 0 Å². The first kappa shape index (κ1) is 9.51. The summed E-state index contributed by atoms with van der Waals surface area (Å²) in [4.78, 5) is 11.4. The predicted molar refractivity (Wildman–Crippen MR) is 63.6 cm³/mol. The van der Waals surface area contributed by atoms with Gasteiger partial charge in [-0.15, -0.1) is 0 Å². The van der Waals surface area contributed by atoms with Gasteiger partial charge in [-0.25, -0.2) is 0 Å². The van der Waals surface area contributed by atoms with Gasteiger partial charge in [0.15, 0.2) is 0 Å². The van der Waals surface area contributed by atoms with Crippen molar-refractivity contribution in [3.8, 4) is 5.75 Å². The topological polar surface area (TPSA) is 42.2 Å². The lowest BCUT2D eigenvalue weighted by Gasteiger charge is -2.06. The van der Waals surface area contributed by atoms with Crippen molar-refractivity contribution in [1.29, 1.82) is 0 Å². The highest BCUT2D eigenvalue weighted by Gasteiger charge is 2.05. The van der Waals surface area contributed by atoms with Crippen LogP contribution >= 0.6 is 22.6 Å². The molecule has 0 atom stereocenters. The first-order valence-electron chi connectivity index (χ1n) is 4.08. The van der Waals surface area contributed by atoms with E-state index in [9.17, 15) is 9.90 Å². The summed E-state index contributed by atoms with van der Waals surface area (Å²) in [6.07, 6.45) is 0. The van der Waals surface area contributed by atoms with Crippen LogP contribution in [0, 0.1) is 3.57 Å². The number of pyridine rings is 1. The van der Waals surface area contributed by atoms with E-state index >= 15 is 0 Å². The number of rotatable bonds is 0. The average molecular weight is 301 g/mol. The number of aromatic nitrogens is 1. The van der Waals surface area contributed by atoms with Crippen molar-refractivity contribution in [3.05, 3.63) is 38.2 Å². The molecule has 1 N–H and O–H groups in total. The van der Waals surface area contributed by atoms with Crippen LogP contribution in [0.4, 0.5) is 0 Å². The number of aryl methyl sites for hydroxylation is 1. The van der Waals surface area contributed by atoms with Gasteiger partial charge in [-0.3, -0.25) is 4.79 Å². The maximum Gasteiger partial charge on any atom is 0.254 e. The van der Waals surface area contributed by atoms with Gasteiger partial charge in [0.1, 0.15) is 5.75 Å². The van der Waals surface area contributed by atoms with Gasteiger partial charge in [0, 0.05) is 22.1 Å². The molecule has 0 spiro atoms. The zero-order valence-electron chi connectivity index (χ0n) is 7.49. The molecule has 0 aliphatic heterocycles. The molecule has 3 nitrogen and oxygen atoms in total. The first-order valence-corrected chi connectivity index (χ1v) is 5.16. The van der Waals surface area contributed by atoms with Crippen LogP contribution in [0.5, 0.6) is 5.75 Å². The number of fused-ring (bicyclic) bond motifs is 1. The van der Waals surface area contributed by atoms with Gasteiger partial charge in [-0.2, -0.15) is 0 Å². The maximum absolute atomic E-state index is 11.4. The van der Waals surface area contributed by atoms with Crippen LogP contribution in [0.3, 0.4) is 0 Å². The highest BCUT2D eigenvalue weighted by atomic mass is 127. The molecule has 2 aromatic rings. The van der Waals surface area contributed by atoms with E-state index in [4.69, 9.17) is 0 Å². The molecule has 2 rings (SSSR count). The molecule has 4 heteroatoms. The maximum atomic E-state index is 11.4. The number of hydrogen-bond donors (Lipinski definition) is 1. The summed E-state index contributed by atoms with van der Waals surface area (Å²) >= 11 is 2.17. The number of nitrogens with zero attached hydrogens (tertiary/aromatic N) is 1. The third-order valence-corrected chi connectivity index (χ3v) is 2.86. The lowest BCUT2D eigenvalue weighted by atomic mass is 10.2. The van der Waals surface area contributed by atoms with Gasteiger partial charge in [0.25, 0.3) is 5.56 Å². The third kappa shape index (κ3) is 1.39. The molecule has 1 heterocycles. The summed E-state index contributed by atoms with van der Waals surface area (Å²) in [6, 6.07) is 6.81. The second-order valence-corrected chi connectivity index (χ2v) is 4.33.